The maximum Gasteiger partial charge on any atom is 0.339 e. The predicted molar refractivity (Wildman–Crippen MR) is 102 cm³/mol. The van der Waals surface area contributed by atoms with Crippen molar-refractivity contribution >= 4 is 46.5 Å². The lowest BCUT2D eigenvalue weighted by Crippen LogP contribution is -2.36. The van der Waals surface area contributed by atoms with E-state index in [9.17, 15) is 14.4 Å². The molecule has 0 bridgehead atoms. The summed E-state index contributed by atoms with van der Waals surface area (Å²) >= 11 is 5.86. The molecular weight excluding hydrogens is 370 g/mol. The molecule has 8 heteroatoms. The van der Waals surface area contributed by atoms with Crippen LogP contribution in [0.4, 0.5) is 11.4 Å². The number of methoxy groups -OCH3 is 1. The number of benzene rings is 2. The fraction of sp³-hybridized carbons (Fsp3) is 0.158. The number of ether oxygens (including phenoxy) is 1. The van der Waals surface area contributed by atoms with E-state index < -0.39 is 23.7 Å². The number of carbonyl (C=O) groups is 3. The lowest BCUT2D eigenvalue weighted by molar-refractivity contribution is -0.127. The first-order valence-corrected chi connectivity index (χ1v) is 8.43. The van der Waals surface area contributed by atoms with Crippen LogP contribution in [-0.4, -0.2) is 30.6 Å². The van der Waals surface area contributed by atoms with Gasteiger partial charge in [0.25, 0.3) is 5.91 Å². The zero-order valence-corrected chi connectivity index (χ0v) is 15.4. The van der Waals surface area contributed by atoms with E-state index in [4.69, 9.17) is 16.3 Å². The van der Waals surface area contributed by atoms with E-state index in [1.165, 1.54) is 18.2 Å². The molecule has 1 aliphatic heterocycles. The lowest BCUT2D eigenvalue weighted by atomic mass is 10.0. The highest BCUT2D eigenvalue weighted by atomic mass is 35.5. The van der Waals surface area contributed by atoms with Crippen molar-refractivity contribution < 1.29 is 19.1 Å². The zero-order valence-electron chi connectivity index (χ0n) is 14.6. The van der Waals surface area contributed by atoms with Crippen molar-refractivity contribution in [2.24, 2.45) is 11.0 Å². The summed E-state index contributed by atoms with van der Waals surface area (Å²) in [5.41, 5.74) is 1.32. The molecule has 0 aliphatic carbocycles. The molecule has 0 saturated carbocycles. The molecule has 0 radical (unpaired) electrons. The molecular formula is C19H16ClN3O4. The predicted octanol–water partition coefficient (Wildman–Crippen LogP) is 3.10. The first kappa shape index (κ1) is 18.6. The molecule has 0 saturated heterocycles. The van der Waals surface area contributed by atoms with Gasteiger partial charge in [-0.25, -0.2) is 4.79 Å². The number of hydrazone groups is 1. The van der Waals surface area contributed by atoms with Crippen LogP contribution in [-0.2, 0) is 14.3 Å². The molecule has 0 aromatic heterocycles. The van der Waals surface area contributed by atoms with Crippen LogP contribution in [0.3, 0.4) is 0 Å². The molecule has 1 N–H and O–H groups in total. The van der Waals surface area contributed by atoms with Crippen LogP contribution in [0.5, 0.6) is 0 Å². The molecule has 2 aromatic carbocycles. The summed E-state index contributed by atoms with van der Waals surface area (Å²) in [4.78, 5) is 37.3. The minimum atomic E-state index is -1.09. The Morgan fingerprint density at radius 3 is 2.48 bits per heavy atom. The number of hydrogen-bond donors (Lipinski definition) is 1. The van der Waals surface area contributed by atoms with Crippen LogP contribution in [0.15, 0.2) is 53.6 Å². The number of hydrogen-bond acceptors (Lipinski definition) is 5. The molecule has 0 unspecified atom stereocenters. The van der Waals surface area contributed by atoms with E-state index >= 15 is 0 Å². The van der Waals surface area contributed by atoms with Crippen LogP contribution >= 0.6 is 11.6 Å². The van der Waals surface area contributed by atoms with E-state index in [-0.39, 0.29) is 11.3 Å². The van der Waals surface area contributed by atoms with Gasteiger partial charge in [0.15, 0.2) is 5.92 Å². The Hall–Kier alpha value is -3.19. The summed E-state index contributed by atoms with van der Waals surface area (Å²) in [6.07, 6.45) is 0. The topological polar surface area (TPSA) is 88.1 Å². The highest BCUT2D eigenvalue weighted by Gasteiger charge is 2.40. The molecule has 138 valence electrons. The van der Waals surface area contributed by atoms with Gasteiger partial charge in [-0.3, -0.25) is 9.59 Å². The van der Waals surface area contributed by atoms with Crippen molar-refractivity contribution in [3.05, 3.63) is 59.1 Å². The van der Waals surface area contributed by atoms with Gasteiger partial charge in [0.2, 0.25) is 5.91 Å². The fourth-order valence-corrected chi connectivity index (χ4v) is 2.85. The summed E-state index contributed by atoms with van der Waals surface area (Å²) in [6.45, 7) is 1.60. The van der Waals surface area contributed by atoms with E-state index in [0.717, 1.165) is 0 Å². The third-order valence-electron chi connectivity index (χ3n) is 4.05. The highest BCUT2D eigenvalue weighted by Crippen LogP contribution is 2.26. The van der Waals surface area contributed by atoms with Gasteiger partial charge < -0.3 is 10.1 Å². The largest absolute Gasteiger partial charge is 0.465 e. The quantitative estimate of drug-likeness (QED) is 0.647. The summed E-state index contributed by atoms with van der Waals surface area (Å²) in [5.74, 6) is -2.74. The summed E-state index contributed by atoms with van der Waals surface area (Å²) in [5, 5.41) is 8.51. The van der Waals surface area contributed by atoms with Gasteiger partial charge in [0.1, 0.15) is 0 Å². The van der Waals surface area contributed by atoms with Crippen LogP contribution in [0.1, 0.15) is 17.3 Å². The molecule has 2 aromatic rings. The van der Waals surface area contributed by atoms with E-state index in [1.807, 2.05) is 0 Å². The van der Waals surface area contributed by atoms with Crippen LogP contribution < -0.4 is 10.3 Å². The number of para-hydroxylation sites is 1. The average molecular weight is 386 g/mol. The van der Waals surface area contributed by atoms with Crippen molar-refractivity contribution in [1.29, 1.82) is 0 Å². The van der Waals surface area contributed by atoms with Gasteiger partial charge >= 0.3 is 5.97 Å². The SMILES string of the molecule is COC(=O)c1ccccc1NC(=O)[C@@H]1C(=O)N(c2ccc(Cl)cc2)N=C1C. The maximum absolute atomic E-state index is 12.7. The Morgan fingerprint density at radius 1 is 1.15 bits per heavy atom. The number of halogens is 1. The van der Waals surface area contributed by atoms with Crippen LogP contribution in [0, 0.1) is 5.92 Å². The molecule has 0 fully saturated rings. The van der Waals surface area contributed by atoms with E-state index in [2.05, 4.69) is 10.4 Å². The summed E-state index contributed by atoms with van der Waals surface area (Å²) in [6, 6.07) is 13.0. The fourth-order valence-electron chi connectivity index (χ4n) is 2.72. The number of nitrogens with zero attached hydrogens (tertiary/aromatic N) is 2. The number of nitrogens with one attached hydrogen (secondary N) is 1. The Morgan fingerprint density at radius 2 is 1.81 bits per heavy atom. The molecule has 0 spiro atoms. The third kappa shape index (κ3) is 3.68. The standard InChI is InChI=1S/C19H16ClN3O4/c1-11-16(18(25)23(22-11)13-9-7-12(20)8-10-13)17(24)21-15-6-4-3-5-14(15)19(26)27-2/h3-10,16H,1-2H3,(H,21,24)/t16-/m1/s1. The Balaban J connectivity index is 1.82. The minimum Gasteiger partial charge on any atom is -0.465 e. The van der Waals surface area contributed by atoms with Crippen molar-refractivity contribution in [3.8, 4) is 0 Å². The smallest absolute Gasteiger partial charge is 0.339 e. The van der Waals surface area contributed by atoms with Gasteiger partial charge in [-0.15, -0.1) is 0 Å². The van der Waals surface area contributed by atoms with Crippen molar-refractivity contribution in [2.45, 2.75) is 6.92 Å². The number of anilines is 2. The number of carbonyl (C=O) groups excluding carboxylic acids is 3. The highest BCUT2D eigenvalue weighted by molar-refractivity contribution is 6.31. The first-order chi connectivity index (χ1) is 12.9. The second-order valence-corrected chi connectivity index (χ2v) is 6.26. The van der Waals surface area contributed by atoms with E-state index in [0.29, 0.717) is 16.4 Å². The van der Waals surface area contributed by atoms with Gasteiger partial charge in [0.05, 0.1) is 29.8 Å². The third-order valence-corrected chi connectivity index (χ3v) is 4.31. The average Bonchev–Trinajstić information content (AvgIpc) is 2.96. The molecule has 7 nitrogen and oxygen atoms in total. The second-order valence-electron chi connectivity index (χ2n) is 5.83. The van der Waals surface area contributed by atoms with E-state index in [1.54, 1.807) is 49.4 Å². The Labute approximate surface area is 160 Å². The van der Waals surface area contributed by atoms with Gasteiger partial charge in [-0.2, -0.15) is 10.1 Å². The first-order valence-electron chi connectivity index (χ1n) is 8.05. The number of esters is 1. The van der Waals surface area contributed by atoms with Gasteiger partial charge in [0, 0.05) is 5.02 Å². The van der Waals surface area contributed by atoms with Gasteiger partial charge in [-0.05, 0) is 43.3 Å². The van der Waals surface area contributed by atoms with Crippen molar-refractivity contribution in [1.82, 2.24) is 0 Å². The number of amides is 2. The lowest BCUT2D eigenvalue weighted by Gasteiger charge is -2.15. The van der Waals surface area contributed by atoms with Crippen molar-refractivity contribution in [2.75, 3.05) is 17.4 Å². The molecule has 3 rings (SSSR count). The van der Waals surface area contributed by atoms with Crippen molar-refractivity contribution in [3.63, 3.8) is 0 Å². The number of rotatable bonds is 4. The molecule has 1 heterocycles. The Kier molecular flexibility index (Phi) is 5.23. The van der Waals surface area contributed by atoms with Crippen LogP contribution in [0.2, 0.25) is 5.02 Å². The molecule has 1 aliphatic rings. The molecule has 1 atom stereocenters. The molecule has 27 heavy (non-hydrogen) atoms. The summed E-state index contributed by atoms with van der Waals surface area (Å²) in [7, 11) is 1.25. The van der Waals surface area contributed by atoms with Crippen LogP contribution in [0.25, 0.3) is 0 Å². The Bertz CT molecular complexity index is 940. The zero-order chi connectivity index (χ0) is 19.6. The molecule has 2 amide bonds. The second kappa shape index (κ2) is 7.59. The normalized spacial score (nSPS) is 16.1. The van der Waals surface area contributed by atoms with Gasteiger partial charge in [-0.1, -0.05) is 23.7 Å². The monoisotopic (exact) mass is 385 g/mol. The summed E-state index contributed by atoms with van der Waals surface area (Å²) < 4.78 is 4.71. The maximum atomic E-state index is 12.7. The minimum absolute atomic E-state index is 0.197.